The molecule has 2 aromatic rings. The topological polar surface area (TPSA) is 73.9 Å². The van der Waals surface area contributed by atoms with Crippen LogP contribution in [0.15, 0.2) is 61.2 Å². The number of nitrogens with one attached hydrogen (secondary N) is 1. The number of amides is 1. The smallest absolute Gasteiger partial charge is 0.407 e. The molecule has 0 fully saturated rings. The number of esters is 1. The van der Waals surface area contributed by atoms with Crippen LogP contribution in [0.1, 0.15) is 44.2 Å². The summed E-state index contributed by atoms with van der Waals surface area (Å²) >= 11 is 0. The fourth-order valence-corrected chi connectivity index (χ4v) is 3.84. The van der Waals surface area contributed by atoms with E-state index in [0.29, 0.717) is 6.61 Å². The molecule has 0 radical (unpaired) electrons. The van der Waals surface area contributed by atoms with Crippen molar-refractivity contribution >= 4 is 12.1 Å². The fourth-order valence-electron chi connectivity index (χ4n) is 3.84. The minimum absolute atomic E-state index is 0.0153. The first-order chi connectivity index (χ1) is 15.3. The number of hydrogen-bond acceptors (Lipinski definition) is 5. The van der Waals surface area contributed by atoms with Crippen LogP contribution in [-0.4, -0.2) is 43.5 Å². The summed E-state index contributed by atoms with van der Waals surface area (Å²) in [7, 11) is 0. The molecule has 0 saturated carbocycles. The lowest BCUT2D eigenvalue weighted by molar-refractivity contribution is -0.155. The minimum atomic E-state index is -0.604. The van der Waals surface area contributed by atoms with Gasteiger partial charge >= 0.3 is 12.1 Å². The van der Waals surface area contributed by atoms with Crippen LogP contribution in [0.5, 0.6) is 0 Å². The Labute approximate surface area is 189 Å². The Bertz CT molecular complexity index is 917. The van der Waals surface area contributed by atoms with Gasteiger partial charge in [0.25, 0.3) is 0 Å². The summed E-state index contributed by atoms with van der Waals surface area (Å²) in [5.41, 5.74) is 4.01. The summed E-state index contributed by atoms with van der Waals surface area (Å²) in [6.07, 6.45) is 0.999. The molecule has 0 heterocycles. The predicted molar refractivity (Wildman–Crippen MR) is 123 cm³/mol. The summed E-state index contributed by atoms with van der Waals surface area (Å²) < 4.78 is 16.4. The zero-order chi connectivity index (χ0) is 23.1. The Hall–Kier alpha value is -3.12. The van der Waals surface area contributed by atoms with Gasteiger partial charge in [0.15, 0.2) is 0 Å². The molecule has 1 unspecified atom stereocenters. The van der Waals surface area contributed by atoms with Gasteiger partial charge in [-0.25, -0.2) is 4.79 Å². The number of carbonyl (C=O) groups is 2. The van der Waals surface area contributed by atoms with Gasteiger partial charge in [-0.15, -0.1) is 6.58 Å². The first kappa shape index (κ1) is 23.5. The molecular formula is C26H31NO5. The van der Waals surface area contributed by atoms with Crippen LogP contribution in [0.25, 0.3) is 11.1 Å². The molecule has 0 aliphatic heterocycles. The van der Waals surface area contributed by atoms with E-state index in [2.05, 4.69) is 36.2 Å². The quantitative estimate of drug-likeness (QED) is 0.346. The van der Waals surface area contributed by atoms with Gasteiger partial charge in [0.2, 0.25) is 0 Å². The standard InChI is InChI=1S/C26H31NO5/c1-5-14-30-16-18(15-24(28)32-26(2,3)4)27-25(29)31-17-23-21-12-8-6-10-19(21)20-11-7-9-13-22(20)23/h5-13,18,23H,1,14-17H2,2-4H3,(H,27,29). The van der Waals surface area contributed by atoms with E-state index < -0.39 is 23.7 Å². The zero-order valence-electron chi connectivity index (χ0n) is 18.9. The molecule has 0 bridgehead atoms. The molecule has 6 heteroatoms. The first-order valence-electron chi connectivity index (χ1n) is 10.8. The summed E-state index contributed by atoms with van der Waals surface area (Å²) in [5.74, 6) is -0.446. The van der Waals surface area contributed by atoms with E-state index >= 15 is 0 Å². The lowest BCUT2D eigenvalue weighted by Gasteiger charge is -2.23. The van der Waals surface area contributed by atoms with Gasteiger partial charge in [-0.05, 0) is 43.0 Å². The zero-order valence-corrected chi connectivity index (χ0v) is 18.9. The highest BCUT2D eigenvalue weighted by Crippen LogP contribution is 2.44. The summed E-state index contributed by atoms with van der Waals surface area (Å²) in [6.45, 7) is 9.67. The van der Waals surface area contributed by atoms with Gasteiger partial charge in [0.1, 0.15) is 12.2 Å². The molecule has 1 atom stereocenters. The Kier molecular flexibility index (Phi) is 7.70. The van der Waals surface area contributed by atoms with E-state index in [-0.39, 0.29) is 25.6 Å². The number of alkyl carbamates (subject to hydrolysis) is 1. The fraction of sp³-hybridized carbons (Fsp3) is 0.385. The first-order valence-corrected chi connectivity index (χ1v) is 10.8. The number of rotatable bonds is 9. The lowest BCUT2D eigenvalue weighted by atomic mass is 9.98. The molecule has 6 nitrogen and oxygen atoms in total. The molecule has 32 heavy (non-hydrogen) atoms. The molecule has 170 valence electrons. The third kappa shape index (κ3) is 6.20. The van der Waals surface area contributed by atoms with Crippen molar-refractivity contribution in [2.75, 3.05) is 19.8 Å². The molecule has 2 aromatic carbocycles. The third-order valence-corrected chi connectivity index (χ3v) is 5.05. The molecule has 0 aromatic heterocycles. The van der Waals surface area contributed by atoms with E-state index in [0.717, 1.165) is 22.3 Å². The van der Waals surface area contributed by atoms with Crippen molar-refractivity contribution in [3.8, 4) is 11.1 Å². The van der Waals surface area contributed by atoms with E-state index in [1.165, 1.54) is 0 Å². The van der Waals surface area contributed by atoms with Gasteiger partial charge in [0, 0.05) is 5.92 Å². The van der Waals surface area contributed by atoms with E-state index in [1.807, 2.05) is 24.3 Å². The van der Waals surface area contributed by atoms with Gasteiger partial charge < -0.3 is 19.5 Å². The molecule has 0 spiro atoms. The van der Waals surface area contributed by atoms with Gasteiger partial charge in [-0.1, -0.05) is 54.6 Å². The summed E-state index contributed by atoms with van der Waals surface area (Å²) in [4.78, 5) is 24.8. The van der Waals surface area contributed by atoms with Crippen LogP contribution in [0.2, 0.25) is 0 Å². The molecule has 3 rings (SSSR count). The predicted octanol–water partition coefficient (Wildman–Crippen LogP) is 4.83. The maximum Gasteiger partial charge on any atom is 0.407 e. The highest BCUT2D eigenvalue weighted by atomic mass is 16.6. The Morgan fingerprint density at radius 1 is 1.06 bits per heavy atom. The second kappa shape index (κ2) is 10.5. The molecular weight excluding hydrogens is 406 g/mol. The van der Waals surface area contributed by atoms with Crippen molar-refractivity contribution in [2.24, 2.45) is 0 Å². The van der Waals surface area contributed by atoms with Crippen molar-refractivity contribution in [3.05, 3.63) is 72.3 Å². The SMILES string of the molecule is C=CCOCC(CC(=O)OC(C)(C)C)NC(=O)OCC1c2ccccc2-c2ccccc21. The van der Waals surface area contributed by atoms with Crippen molar-refractivity contribution in [2.45, 2.75) is 44.8 Å². The average Bonchev–Trinajstić information content (AvgIpc) is 3.05. The maximum atomic E-state index is 12.6. The lowest BCUT2D eigenvalue weighted by Crippen LogP contribution is -2.41. The molecule has 1 amide bonds. The van der Waals surface area contributed by atoms with Gasteiger partial charge in [-0.2, -0.15) is 0 Å². The average molecular weight is 438 g/mol. The number of ether oxygens (including phenoxy) is 3. The summed E-state index contributed by atoms with van der Waals surface area (Å²) in [6, 6.07) is 15.7. The van der Waals surface area contributed by atoms with Crippen LogP contribution < -0.4 is 5.32 Å². The Morgan fingerprint density at radius 2 is 1.66 bits per heavy atom. The van der Waals surface area contributed by atoms with Crippen molar-refractivity contribution in [1.82, 2.24) is 5.32 Å². The largest absolute Gasteiger partial charge is 0.460 e. The van der Waals surface area contributed by atoms with Crippen LogP contribution in [0.3, 0.4) is 0 Å². The van der Waals surface area contributed by atoms with E-state index in [9.17, 15) is 9.59 Å². The van der Waals surface area contributed by atoms with Crippen molar-refractivity contribution in [1.29, 1.82) is 0 Å². The van der Waals surface area contributed by atoms with E-state index in [4.69, 9.17) is 14.2 Å². The number of benzene rings is 2. The van der Waals surface area contributed by atoms with Crippen LogP contribution in [0, 0.1) is 0 Å². The van der Waals surface area contributed by atoms with Crippen LogP contribution >= 0.6 is 0 Å². The van der Waals surface area contributed by atoms with Crippen LogP contribution in [0.4, 0.5) is 4.79 Å². The van der Waals surface area contributed by atoms with Crippen LogP contribution in [-0.2, 0) is 19.0 Å². The minimum Gasteiger partial charge on any atom is -0.460 e. The Balaban J connectivity index is 1.62. The molecule has 1 aliphatic rings. The molecule has 1 aliphatic carbocycles. The second-order valence-electron chi connectivity index (χ2n) is 8.78. The van der Waals surface area contributed by atoms with E-state index in [1.54, 1.807) is 26.8 Å². The van der Waals surface area contributed by atoms with Crippen molar-refractivity contribution in [3.63, 3.8) is 0 Å². The van der Waals surface area contributed by atoms with Gasteiger partial charge in [0.05, 0.1) is 25.7 Å². The number of fused-ring (bicyclic) bond motifs is 3. The van der Waals surface area contributed by atoms with Gasteiger partial charge in [-0.3, -0.25) is 4.79 Å². The molecule has 1 N–H and O–H groups in total. The maximum absolute atomic E-state index is 12.6. The number of carbonyl (C=O) groups excluding carboxylic acids is 2. The Morgan fingerprint density at radius 3 is 2.22 bits per heavy atom. The third-order valence-electron chi connectivity index (χ3n) is 5.05. The normalized spacial score (nSPS) is 13.6. The highest BCUT2D eigenvalue weighted by Gasteiger charge is 2.29. The number of hydrogen-bond donors (Lipinski definition) is 1. The molecule has 0 saturated heterocycles. The van der Waals surface area contributed by atoms with Crippen molar-refractivity contribution < 1.29 is 23.8 Å². The highest BCUT2D eigenvalue weighted by molar-refractivity contribution is 5.79. The second-order valence-corrected chi connectivity index (χ2v) is 8.78. The monoisotopic (exact) mass is 437 g/mol. The summed E-state index contributed by atoms with van der Waals surface area (Å²) in [5, 5.41) is 2.74.